The van der Waals surface area contributed by atoms with Crippen LogP contribution in [0.5, 0.6) is 0 Å². The average molecular weight is 550 g/mol. The molecule has 40 heavy (non-hydrogen) atoms. The third-order valence-electron chi connectivity index (χ3n) is 8.62. The molecule has 2 aliphatic carbocycles. The van der Waals surface area contributed by atoms with Crippen molar-refractivity contribution in [1.82, 2.24) is 15.0 Å². The maximum atomic E-state index is 5.28. The number of fused-ring (bicyclic) bond motifs is 2. The van der Waals surface area contributed by atoms with Crippen LogP contribution in [-0.2, 0) is 0 Å². The van der Waals surface area contributed by atoms with E-state index in [0.29, 0.717) is 5.92 Å². The summed E-state index contributed by atoms with van der Waals surface area (Å²) in [6.07, 6.45) is 6.75. The van der Waals surface area contributed by atoms with Crippen molar-refractivity contribution in [3.8, 4) is 22.8 Å². The van der Waals surface area contributed by atoms with E-state index in [0.717, 1.165) is 41.4 Å². The van der Waals surface area contributed by atoms with Gasteiger partial charge in [-0.25, -0.2) is 15.0 Å². The first-order chi connectivity index (χ1) is 19.8. The van der Waals surface area contributed by atoms with E-state index < -0.39 is 0 Å². The molecule has 3 heterocycles. The molecule has 0 saturated carbocycles. The number of nitrogens with zero attached hydrogens (tertiary/aromatic N) is 3. The summed E-state index contributed by atoms with van der Waals surface area (Å²) in [6, 6.07) is 28.5. The molecule has 0 spiro atoms. The second kappa shape index (κ2) is 8.65. The molecule has 9 rings (SSSR count). The van der Waals surface area contributed by atoms with Gasteiger partial charge in [-0.05, 0) is 91.3 Å². The highest BCUT2D eigenvalue weighted by molar-refractivity contribution is 7.18. The molecule has 2 aliphatic rings. The molecule has 0 amide bonds. The Morgan fingerprint density at radius 2 is 1.18 bits per heavy atom. The molecule has 2 atom stereocenters. The van der Waals surface area contributed by atoms with E-state index in [1.165, 1.54) is 46.9 Å². The predicted molar refractivity (Wildman–Crippen MR) is 168 cm³/mol. The monoisotopic (exact) mass is 549 g/mol. The Morgan fingerprint density at radius 3 is 1.90 bits per heavy atom. The number of hydrogen-bond donors (Lipinski definition) is 0. The molecule has 0 saturated heterocycles. The highest BCUT2D eigenvalue weighted by Crippen LogP contribution is 2.43. The molecule has 190 valence electrons. The van der Waals surface area contributed by atoms with E-state index in [2.05, 4.69) is 102 Å². The maximum Gasteiger partial charge on any atom is 0.165 e. The minimum absolute atomic E-state index is 0.188. The topological polar surface area (TPSA) is 38.7 Å². The van der Waals surface area contributed by atoms with E-state index in [1.807, 2.05) is 0 Å². The first-order valence-corrected chi connectivity index (χ1v) is 15.5. The largest absolute Gasteiger partial charge is 0.213 e. The summed E-state index contributed by atoms with van der Waals surface area (Å²) in [7, 11) is 0. The fourth-order valence-electron chi connectivity index (χ4n) is 6.78. The second-order valence-corrected chi connectivity index (χ2v) is 12.6. The number of benzene rings is 4. The molecule has 3 aromatic heterocycles. The summed E-state index contributed by atoms with van der Waals surface area (Å²) in [5.74, 6) is 2.97. The third kappa shape index (κ3) is 3.31. The summed E-state index contributed by atoms with van der Waals surface area (Å²) in [5.41, 5.74) is 3.63. The fourth-order valence-corrected chi connectivity index (χ4v) is 8.60. The van der Waals surface area contributed by atoms with Crippen molar-refractivity contribution in [1.29, 1.82) is 0 Å². The van der Waals surface area contributed by atoms with Gasteiger partial charge in [0, 0.05) is 26.4 Å². The van der Waals surface area contributed by atoms with Gasteiger partial charge < -0.3 is 0 Å². The van der Waals surface area contributed by atoms with Gasteiger partial charge in [0.1, 0.15) is 5.82 Å². The molecule has 5 heteroatoms. The fraction of sp³-hybridized carbons (Fsp3) is 0.114. The van der Waals surface area contributed by atoms with Crippen LogP contribution in [0.4, 0.5) is 0 Å². The molecule has 0 fully saturated rings. The Labute approximate surface area is 238 Å². The Bertz CT molecular complexity index is 2170. The van der Waals surface area contributed by atoms with Gasteiger partial charge in [0.05, 0.1) is 0 Å². The van der Waals surface area contributed by atoms with Gasteiger partial charge in [0.15, 0.2) is 11.6 Å². The quantitative estimate of drug-likeness (QED) is 0.224. The van der Waals surface area contributed by atoms with Crippen LogP contribution in [0, 0.1) is 0 Å². The maximum absolute atomic E-state index is 5.28. The third-order valence-corrected chi connectivity index (χ3v) is 10.5. The van der Waals surface area contributed by atoms with Gasteiger partial charge >= 0.3 is 0 Å². The molecule has 0 N–H and O–H groups in total. The summed E-state index contributed by atoms with van der Waals surface area (Å²) >= 11 is 3.50. The molecular weight excluding hydrogens is 527 g/mol. The highest BCUT2D eigenvalue weighted by atomic mass is 32.1. The summed E-state index contributed by atoms with van der Waals surface area (Å²) in [4.78, 5) is 15.7. The van der Waals surface area contributed by atoms with Gasteiger partial charge in [-0.15, -0.1) is 22.7 Å². The predicted octanol–water partition coefficient (Wildman–Crippen LogP) is 8.02. The van der Waals surface area contributed by atoms with Crippen LogP contribution in [0.1, 0.15) is 36.1 Å². The summed E-state index contributed by atoms with van der Waals surface area (Å²) < 4.78 is 2.45. The number of thiophene rings is 2. The van der Waals surface area contributed by atoms with E-state index >= 15 is 0 Å². The molecule has 4 aromatic carbocycles. The van der Waals surface area contributed by atoms with Gasteiger partial charge in [0.2, 0.25) is 0 Å². The van der Waals surface area contributed by atoms with Crippen LogP contribution in [0.25, 0.3) is 65.9 Å². The van der Waals surface area contributed by atoms with Crippen LogP contribution in [0.3, 0.4) is 0 Å². The Morgan fingerprint density at radius 1 is 0.550 bits per heavy atom. The van der Waals surface area contributed by atoms with Gasteiger partial charge in [-0.3, -0.25) is 0 Å². The van der Waals surface area contributed by atoms with Gasteiger partial charge in [-0.2, -0.15) is 0 Å². The zero-order valence-corrected chi connectivity index (χ0v) is 23.2. The van der Waals surface area contributed by atoms with Crippen molar-refractivity contribution in [2.75, 3.05) is 0 Å². The first kappa shape index (κ1) is 22.6. The van der Waals surface area contributed by atoms with E-state index in [1.54, 1.807) is 22.7 Å². The molecule has 7 aromatic rings. The van der Waals surface area contributed by atoms with Gasteiger partial charge in [0.25, 0.3) is 0 Å². The van der Waals surface area contributed by atoms with E-state index in [4.69, 9.17) is 15.0 Å². The van der Waals surface area contributed by atoms with E-state index in [9.17, 15) is 0 Å². The van der Waals surface area contributed by atoms with Crippen molar-refractivity contribution in [3.63, 3.8) is 0 Å². The molecule has 0 aliphatic heterocycles. The van der Waals surface area contributed by atoms with Crippen LogP contribution in [-0.4, -0.2) is 15.0 Å². The second-order valence-electron chi connectivity index (χ2n) is 10.7. The first-order valence-electron chi connectivity index (χ1n) is 13.7. The van der Waals surface area contributed by atoms with E-state index in [-0.39, 0.29) is 5.92 Å². The van der Waals surface area contributed by atoms with Crippen LogP contribution >= 0.6 is 22.7 Å². The summed E-state index contributed by atoms with van der Waals surface area (Å²) in [5, 5.41) is 12.2. The molecule has 0 radical (unpaired) electrons. The van der Waals surface area contributed by atoms with Crippen LogP contribution in [0.2, 0.25) is 0 Å². The minimum atomic E-state index is 0.188. The lowest BCUT2D eigenvalue weighted by Gasteiger charge is -2.32. The standard InChI is InChI=1S/C35H23N3S2/c1-4-20-10-11-22-13-15-26(25-14-12-21(5-1)29(20)30(22)25)33-36-34(27-8-2-6-23-16-18-39-31(23)27)38-35(37-33)28-9-3-7-24-17-19-40-32(24)28/h1-13,16-19,25-26H,14-15H2. The average Bonchev–Trinajstić information content (AvgIpc) is 3.69. The lowest BCUT2D eigenvalue weighted by Crippen LogP contribution is -2.30. The number of rotatable bonds is 3. The Hall–Kier alpha value is -4.19. The van der Waals surface area contributed by atoms with Crippen molar-refractivity contribution < 1.29 is 0 Å². The zero-order chi connectivity index (χ0) is 26.2. The highest BCUT2D eigenvalue weighted by Gasteiger charge is 2.33. The smallest absolute Gasteiger partial charge is 0.165 e. The molecule has 2 unspecified atom stereocenters. The minimum Gasteiger partial charge on any atom is -0.213 e. The van der Waals surface area contributed by atoms with Crippen molar-refractivity contribution in [2.45, 2.75) is 24.7 Å². The number of aromatic nitrogens is 3. The molecular formula is C35H23N3S2. The van der Waals surface area contributed by atoms with Crippen molar-refractivity contribution >= 4 is 65.8 Å². The molecule has 0 bridgehead atoms. The SMILES string of the molecule is C1=c2ccc3cccc4c3c2C(CC=4)C(c2nc(-c3cccc4ccsc34)nc(-c3cccc4ccsc34)n2)C1. The Balaban J connectivity index is 1.29. The summed E-state index contributed by atoms with van der Waals surface area (Å²) in [6.45, 7) is 0. The Kier molecular flexibility index (Phi) is 4.89. The lowest BCUT2D eigenvalue weighted by atomic mass is 9.72. The number of hydrogen-bond acceptors (Lipinski definition) is 5. The van der Waals surface area contributed by atoms with Crippen molar-refractivity contribution in [2.24, 2.45) is 0 Å². The van der Waals surface area contributed by atoms with Crippen LogP contribution < -0.4 is 10.4 Å². The normalized spacial score (nSPS) is 17.7. The van der Waals surface area contributed by atoms with Crippen molar-refractivity contribution in [3.05, 3.63) is 111 Å². The van der Waals surface area contributed by atoms with Crippen LogP contribution in [0.15, 0.2) is 89.6 Å². The lowest BCUT2D eigenvalue weighted by molar-refractivity contribution is 0.524. The zero-order valence-electron chi connectivity index (χ0n) is 21.5. The molecule has 3 nitrogen and oxygen atoms in total. The van der Waals surface area contributed by atoms with Gasteiger partial charge in [-0.1, -0.05) is 66.7 Å².